The summed E-state index contributed by atoms with van der Waals surface area (Å²) in [7, 11) is -2.28. The second-order valence-electron chi connectivity index (χ2n) is 10.3. The van der Waals surface area contributed by atoms with Crippen LogP contribution in [0.2, 0.25) is 0 Å². The molecular formula is C26H34N6O10S. The number of aromatic amines is 1. The fourth-order valence-electron chi connectivity index (χ4n) is 5.28. The standard InChI is InChI=1S/C26H34N6O10S/c1-4-6-18-15-29(3)24-23(18)27-25(28-26(24)33)20-14-19(7-8-21(20)40-13-5-2)43(38,39)30-11-9-17(10-12-30)22(42-32(36)37)16-41-31(34)35/h7-8,14-15,17,22H,4-6,9-13,16H2,1-3H3,(H,27,28,33). The number of aryl methyl sites for hydroxylation is 2. The Hall–Kier alpha value is -4.25. The largest absolute Gasteiger partial charge is 0.493 e. The lowest BCUT2D eigenvalue weighted by Crippen LogP contribution is -2.43. The molecule has 0 radical (unpaired) electrons. The van der Waals surface area contributed by atoms with Gasteiger partial charge >= 0.3 is 0 Å². The number of nitrogens with zero attached hydrogens (tertiary/aromatic N) is 5. The average molecular weight is 623 g/mol. The molecule has 1 unspecified atom stereocenters. The highest BCUT2D eigenvalue weighted by Crippen LogP contribution is 2.34. The zero-order valence-electron chi connectivity index (χ0n) is 24.1. The van der Waals surface area contributed by atoms with Crippen molar-refractivity contribution in [3.8, 4) is 17.1 Å². The molecule has 2 aromatic heterocycles. The fourth-order valence-corrected chi connectivity index (χ4v) is 6.78. The first kappa shape index (κ1) is 31.7. The molecule has 4 rings (SSSR count). The van der Waals surface area contributed by atoms with E-state index in [0.717, 1.165) is 12.0 Å². The van der Waals surface area contributed by atoms with Gasteiger partial charge in [-0.05, 0) is 55.4 Å². The van der Waals surface area contributed by atoms with Crippen molar-refractivity contribution >= 4 is 21.1 Å². The van der Waals surface area contributed by atoms with Crippen molar-refractivity contribution in [3.05, 3.63) is 60.5 Å². The molecule has 43 heavy (non-hydrogen) atoms. The summed E-state index contributed by atoms with van der Waals surface area (Å²) in [6.07, 6.45) is 3.21. The first-order valence-electron chi connectivity index (χ1n) is 13.9. The van der Waals surface area contributed by atoms with Gasteiger partial charge in [-0.2, -0.15) is 4.31 Å². The summed E-state index contributed by atoms with van der Waals surface area (Å²) >= 11 is 0. The van der Waals surface area contributed by atoms with Crippen LogP contribution in [-0.2, 0) is 33.2 Å². The molecule has 0 spiro atoms. The summed E-state index contributed by atoms with van der Waals surface area (Å²) in [5, 5.41) is 19.4. The molecule has 234 valence electrons. The lowest BCUT2D eigenvalue weighted by atomic mass is 9.92. The fraction of sp³-hybridized carbons (Fsp3) is 0.538. The Labute approximate surface area is 246 Å². The maximum Gasteiger partial charge on any atom is 0.294 e. The van der Waals surface area contributed by atoms with Crippen LogP contribution in [0, 0.1) is 26.1 Å². The van der Waals surface area contributed by atoms with Gasteiger partial charge in [0, 0.05) is 26.3 Å². The third kappa shape index (κ3) is 7.05. The number of piperidine rings is 1. The van der Waals surface area contributed by atoms with Crippen molar-refractivity contribution in [2.75, 3.05) is 26.3 Å². The predicted octanol–water partition coefficient (Wildman–Crippen LogP) is 2.86. The van der Waals surface area contributed by atoms with Gasteiger partial charge in [0.2, 0.25) is 10.0 Å². The summed E-state index contributed by atoms with van der Waals surface area (Å²) in [4.78, 5) is 51.0. The minimum atomic E-state index is -4.05. The first-order valence-corrected chi connectivity index (χ1v) is 15.3. The molecule has 1 N–H and O–H groups in total. The van der Waals surface area contributed by atoms with Gasteiger partial charge in [-0.15, -0.1) is 20.2 Å². The van der Waals surface area contributed by atoms with Gasteiger partial charge in [-0.1, -0.05) is 20.3 Å². The molecule has 0 amide bonds. The summed E-state index contributed by atoms with van der Waals surface area (Å²) in [5.41, 5.74) is 1.79. The third-order valence-corrected chi connectivity index (χ3v) is 9.21. The summed E-state index contributed by atoms with van der Waals surface area (Å²) in [6.45, 7) is 3.66. The van der Waals surface area contributed by atoms with E-state index in [0.29, 0.717) is 41.8 Å². The zero-order chi connectivity index (χ0) is 31.3. The topological polar surface area (TPSA) is 202 Å². The molecule has 1 fully saturated rings. The molecule has 17 heteroatoms. The van der Waals surface area contributed by atoms with Crippen LogP contribution < -0.4 is 10.3 Å². The number of nitrogens with one attached hydrogen (secondary N) is 1. The molecule has 3 heterocycles. The Balaban J connectivity index is 1.66. The smallest absolute Gasteiger partial charge is 0.294 e. The highest BCUT2D eigenvalue weighted by atomic mass is 32.2. The Morgan fingerprint density at radius 1 is 1.14 bits per heavy atom. The molecule has 1 aromatic carbocycles. The lowest BCUT2D eigenvalue weighted by Gasteiger charge is -2.34. The molecule has 0 saturated carbocycles. The molecule has 1 atom stereocenters. The van der Waals surface area contributed by atoms with Crippen LogP contribution >= 0.6 is 0 Å². The van der Waals surface area contributed by atoms with E-state index >= 15 is 0 Å². The molecular weight excluding hydrogens is 588 g/mol. The minimum Gasteiger partial charge on any atom is -0.493 e. The normalized spacial score (nSPS) is 15.3. The maximum absolute atomic E-state index is 13.7. The molecule has 1 aliphatic rings. The van der Waals surface area contributed by atoms with Gasteiger partial charge in [-0.3, -0.25) is 4.79 Å². The summed E-state index contributed by atoms with van der Waals surface area (Å²) in [5.74, 6) is -0.00427. The van der Waals surface area contributed by atoms with Crippen LogP contribution in [0.3, 0.4) is 0 Å². The van der Waals surface area contributed by atoms with Crippen molar-refractivity contribution in [1.29, 1.82) is 0 Å². The van der Waals surface area contributed by atoms with Crippen LogP contribution in [0.25, 0.3) is 22.4 Å². The number of aromatic nitrogens is 3. The van der Waals surface area contributed by atoms with E-state index in [2.05, 4.69) is 14.7 Å². The van der Waals surface area contributed by atoms with Crippen molar-refractivity contribution < 1.29 is 33.0 Å². The quantitative estimate of drug-likeness (QED) is 0.205. The number of H-pyrrole nitrogens is 1. The van der Waals surface area contributed by atoms with Gasteiger partial charge < -0.3 is 24.0 Å². The monoisotopic (exact) mass is 622 g/mol. The molecule has 0 aliphatic carbocycles. The highest BCUT2D eigenvalue weighted by Gasteiger charge is 2.35. The predicted molar refractivity (Wildman–Crippen MR) is 153 cm³/mol. The minimum absolute atomic E-state index is 0.00209. The number of benzene rings is 1. The van der Waals surface area contributed by atoms with E-state index in [1.165, 1.54) is 22.5 Å². The van der Waals surface area contributed by atoms with Crippen LogP contribution in [-0.4, -0.2) is 69.8 Å². The van der Waals surface area contributed by atoms with Gasteiger partial charge in [0.05, 0.1) is 22.6 Å². The Morgan fingerprint density at radius 2 is 1.86 bits per heavy atom. The van der Waals surface area contributed by atoms with Crippen LogP contribution in [0.1, 0.15) is 45.1 Å². The zero-order valence-corrected chi connectivity index (χ0v) is 24.9. The summed E-state index contributed by atoms with van der Waals surface area (Å²) in [6, 6.07) is 4.37. The molecule has 1 aliphatic heterocycles. The second kappa shape index (κ2) is 13.4. The van der Waals surface area contributed by atoms with Crippen molar-refractivity contribution in [1.82, 2.24) is 18.8 Å². The van der Waals surface area contributed by atoms with E-state index in [1.54, 1.807) is 11.6 Å². The lowest BCUT2D eigenvalue weighted by molar-refractivity contribution is -0.791. The van der Waals surface area contributed by atoms with Crippen molar-refractivity contribution in [2.45, 2.75) is 57.0 Å². The van der Waals surface area contributed by atoms with Crippen LogP contribution in [0.15, 0.2) is 34.1 Å². The molecule has 16 nitrogen and oxygen atoms in total. The number of hydrogen-bond acceptors (Lipinski definition) is 11. The van der Waals surface area contributed by atoms with E-state index < -0.39 is 38.8 Å². The molecule has 1 saturated heterocycles. The number of hydrogen-bond donors (Lipinski definition) is 1. The average Bonchev–Trinajstić information content (AvgIpc) is 3.29. The van der Waals surface area contributed by atoms with Gasteiger partial charge in [0.25, 0.3) is 15.7 Å². The third-order valence-electron chi connectivity index (χ3n) is 7.32. The van der Waals surface area contributed by atoms with Gasteiger partial charge in [0.15, 0.2) is 0 Å². The van der Waals surface area contributed by atoms with Crippen LogP contribution in [0.4, 0.5) is 0 Å². The Morgan fingerprint density at radius 3 is 2.49 bits per heavy atom. The van der Waals surface area contributed by atoms with E-state index in [9.17, 15) is 33.4 Å². The SMILES string of the molecule is CCCOc1ccc(S(=O)(=O)N2CCC(C(CO[N+](=O)[O-])O[N+](=O)[O-])CC2)cc1-c1nc2c(CCC)cn(C)c2c(=O)[nH]1. The Kier molecular flexibility index (Phi) is 9.85. The van der Waals surface area contributed by atoms with Gasteiger partial charge in [0.1, 0.15) is 29.8 Å². The summed E-state index contributed by atoms with van der Waals surface area (Å²) < 4.78 is 36.3. The number of ether oxygens (including phenoxy) is 1. The number of fused-ring (bicyclic) bond motifs is 1. The second-order valence-corrected chi connectivity index (χ2v) is 12.2. The molecule has 3 aromatic rings. The number of sulfonamides is 1. The Bertz CT molecular complexity index is 1650. The van der Waals surface area contributed by atoms with Gasteiger partial charge in [-0.25, -0.2) is 13.4 Å². The van der Waals surface area contributed by atoms with Crippen molar-refractivity contribution in [2.24, 2.45) is 13.0 Å². The van der Waals surface area contributed by atoms with E-state index in [-0.39, 0.29) is 42.2 Å². The number of rotatable bonds is 14. The van der Waals surface area contributed by atoms with E-state index in [4.69, 9.17) is 9.72 Å². The van der Waals surface area contributed by atoms with E-state index in [1.807, 2.05) is 20.0 Å². The first-order chi connectivity index (χ1) is 20.5. The highest BCUT2D eigenvalue weighted by molar-refractivity contribution is 7.89. The van der Waals surface area contributed by atoms with Crippen molar-refractivity contribution in [3.63, 3.8) is 0 Å². The van der Waals surface area contributed by atoms with Crippen LogP contribution in [0.5, 0.6) is 5.75 Å². The molecule has 0 bridgehead atoms. The maximum atomic E-state index is 13.7.